The molecule has 0 amide bonds. The molecule has 10 heteroatoms. The number of ether oxygens (including phenoxy) is 2. The van der Waals surface area contributed by atoms with E-state index in [1.807, 2.05) is 37.3 Å². The Balaban J connectivity index is 1.68. The lowest BCUT2D eigenvalue weighted by atomic mass is 10.1. The van der Waals surface area contributed by atoms with Crippen molar-refractivity contribution in [1.82, 2.24) is 20.0 Å². The van der Waals surface area contributed by atoms with Crippen molar-refractivity contribution in [3.8, 4) is 28.6 Å². The van der Waals surface area contributed by atoms with Crippen molar-refractivity contribution in [1.29, 1.82) is 0 Å². The maximum Gasteiger partial charge on any atom is 0.265 e. The summed E-state index contributed by atoms with van der Waals surface area (Å²) in [4.78, 5) is 0.0572. The molecule has 0 atom stereocenters. The Morgan fingerprint density at radius 2 is 1.62 bits per heavy atom. The standard InChI is InChI=1S/C24H25N5O4S/c1-15-6-8-18(9-7-15)20-11-13-23(26-25-20)29-17(3)24(16(2)27-29)34(30,31)28-21-14-19(32-4)10-12-22(21)33-5/h6-14,28H,1-5H3. The third kappa shape index (κ3) is 4.44. The Kier molecular flexibility index (Phi) is 6.25. The van der Waals surface area contributed by atoms with Gasteiger partial charge in [0.05, 0.1) is 37.0 Å². The summed E-state index contributed by atoms with van der Waals surface area (Å²) in [5.74, 6) is 1.27. The van der Waals surface area contributed by atoms with Crippen LogP contribution in [0.2, 0.25) is 0 Å². The van der Waals surface area contributed by atoms with Crippen molar-refractivity contribution in [2.24, 2.45) is 0 Å². The summed E-state index contributed by atoms with van der Waals surface area (Å²) in [6.07, 6.45) is 0. The normalized spacial score (nSPS) is 11.3. The van der Waals surface area contributed by atoms with E-state index in [0.29, 0.717) is 34.4 Å². The van der Waals surface area contributed by atoms with Crippen LogP contribution >= 0.6 is 0 Å². The number of aryl methyl sites for hydroxylation is 2. The zero-order valence-electron chi connectivity index (χ0n) is 19.5. The van der Waals surface area contributed by atoms with Crippen molar-refractivity contribution in [3.63, 3.8) is 0 Å². The number of hydrogen-bond acceptors (Lipinski definition) is 7. The quantitative estimate of drug-likeness (QED) is 0.426. The molecule has 2 aromatic heterocycles. The van der Waals surface area contributed by atoms with E-state index in [1.54, 1.807) is 38.1 Å². The first kappa shape index (κ1) is 23.2. The van der Waals surface area contributed by atoms with Gasteiger partial charge in [-0.1, -0.05) is 29.8 Å². The van der Waals surface area contributed by atoms with Crippen LogP contribution in [0.5, 0.6) is 11.5 Å². The number of sulfonamides is 1. The molecule has 0 aliphatic heterocycles. The third-order valence-electron chi connectivity index (χ3n) is 5.36. The van der Waals surface area contributed by atoms with E-state index in [4.69, 9.17) is 9.47 Å². The third-order valence-corrected chi connectivity index (χ3v) is 6.98. The second kappa shape index (κ2) is 9.14. The van der Waals surface area contributed by atoms with Gasteiger partial charge in [-0.05, 0) is 45.0 Å². The predicted molar refractivity (Wildman–Crippen MR) is 129 cm³/mol. The van der Waals surface area contributed by atoms with Crippen LogP contribution in [0.1, 0.15) is 17.0 Å². The fourth-order valence-corrected chi connectivity index (χ4v) is 5.10. The summed E-state index contributed by atoms with van der Waals surface area (Å²) in [5.41, 5.74) is 3.81. The second-order valence-corrected chi connectivity index (χ2v) is 9.35. The number of benzene rings is 2. The Morgan fingerprint density at radius 1 is 0.882 bits per heavy atom. The number of nitrogens with one attached hydrogen (secondary N) is 1. The van der Waals surface area contributed by atoms with Gasteiger partial charge in [0.15, 0.2) is 5.82 Å². The van der Waals surface area contributed by atoms with Crippen LogP contribution in [0.4, 0.5) is 5.69 Å². The van der Waals surface area contributed by atoms with Gasteiger partial charge < -0.3 is 9.47 Å². The first-order chi connectivity index (χ1) is 16.2. The average Bonchev–Trinajstić information content (AvgIpc) is 3.14. The minimum Gasteiger partial charge on any atom is -0.497 e. The van der Waals surface area contributed by atoms with Gasteiger partial charge in [-0.15, -0.1) is 10.2 Å². The first-order valence-corrected chi connectivity index (χ1v) is 11.9. The molecule has 2 heterocycles. The Hall–Kier alpha value is -3.92. The van der Waals surface area contributed by atoms with Crippen molar-refractivity contribution in [3.05, 3.63) is 71.5 Å². The minimum absolute atomic E-state index is 0.0572. The van der Waals surface area contributed by atoms with E-state index >= 15 is 0 Å². The van der Waals surface area contributed by atoms with Gasteiger partial charge >= 0.3 is 0 Å². The van der Waals surface area contributed by atoms with Crippen molar-refractivity contribution in [2.75, 3.05) is 18.9 Å². The zero-order valence-corrected chi connectivity index (χ0v) is 20.3. The molecule has 34 heavy (non-hydrogen) atoms. The molecule has 0 fully saturated rings. The van der Waals surface area contributed by atoms with Gasteiger partial charge in [-0.2, -0.15) is 5.10 Å². The van der Waals surface area contributed by atoms with E-state index in [2.05, 4.69) is 20.0 Å². The maximum absolute atomic E-state index is 13.3. The number of nitrogens with zero attached hydrogens (tertiary/aromatic N) is 4. The smallest absolute Gasteiger partial charge is 0.265 e. The molecule has 0 aliphatic rings. The van der Waals surface area contributed by atoms with Gasteiger partial charge in [-0.3, -0.25) is 4.72 Å². The highest BCUT2D eigenvalue weighted by Crippen LogP contribution is 2.32. The van der Waals surface area contributed by atoms with Gasteiger partial charge in [0.25, 0.3) is 10.0 Å². The van der Waals surface area contributed by atoms with Crippen LogP contribution in [0.15, 0.2) is 59.5 Å². The minimum atomic E-state index is -3.99. The summed E-state index contributed by atoms with van der Waals surface area (Å²) in [7, 11) is -1.02. The summed E-state index contributed by atoms with van der Waals surface area (Å²) < 4.78 is 41.2. The van der Waals surface area contributed by atoms with E-state index in [0.717, 1.165) is 11.1 Å². The van der Waals surface area contributed by atoms with Crippen LogP contribution in [0, 0.1) is 20.8 Å². The van der Waals surface area contributed by atoms with Crippen molar-refractivity contribution < 1.29 is 17.9 Å². The molecule has 2 aromatic carbocycles. The largest absolute Gasteiger partial charge is 0.497 e. The molecule has 0 saturated heterocycles. The fraction of sp³-hybridized carbons (Fsp3) is 0.208. The molecule has 0 spiro atoms. The molecule has 1 N–H and O–H groups in total. The van der Waals surface area contributed by atoms with E-state index in [-0.39, 0.29) is 10.6 Å². The molecule has 0 bridgehead atoms. The molecule has 4 rings (SSSR count). The maximum atomic E-state index is 13.3. The van der Waals surface area contributed by atoms with Crippen LogP contribution < -0.4 is 14.2 Å². The summed E-state index contributed by atoms with van der Waals surface area (Å²) in [6.45, 7) is 5.33. The highest BCUT2D eigenvalue weighted by Gasteiger charge is 2.27. The summed E-state index contributed by atoms with van der Waals surface area (Å²) in [5, 5.41) is 13.0. The number of anilines is 1. The highest BCUT2D eigenvalue weighted by molar-refractivity contribution is 7.92. The van der Waals surface area contributed by atoms with Crippen LogP contribution in [0.25, 0.3) is 17.1 Å². The molecule has 4 aromatic rings. The zero-order chi connectivity index (χ0) is 24.5. The number of rotatable bonds is 7. The predicted octanol–water partition coefficient (Wildman–Crippen LogP) is 4.07. The Labute approximate surface area is 198 Å². The first-order valence-electron chi connectivity index (χ1n) is 10.5. The molecule has 176 valence electrons. The lowest BCUT2D eigenvalue weighted by molar-refractivity contribution is 0.405. The highest BCUT2D eigenvalue weighted by atomic mass is 32.2. The summed E-state index contributed by atoms with van der Waals surface area (Å²) >= 11 is 0. The monoisotopic (exact) mass is 479 g/mol. The SMILES string of the molecule is COc1ccc(OC)c(NS(=O)(=O)c2c(C)nn(-c3ccc(-c4ccc(C)cc4)nn3)c2C)c1. The van der Waals surface area contributed by atoms with Crippen LogP contribution in [0.3, 0.4) is 0 Å². The molecular weight excluding hydrogens is 454 g/mol. The second-order valence-electron chi connectivity index (χ2n) is 7.73. The number of aromatic nitrogens is 4. The van der Waals surface area contributed by atoms with Crippen molar-refractivity contribution >= 4 is 15.7 Å². The molecular formula is C24H25N5O4S. The lowest BCUT2D eigenvalue weighted by Gasteiger charge is -2.13. The number of hydrogen-bond donors (Lipinski definition) is 1. The van der Waals surface area contributed by atoms with Gasteiger partial charge in [0, 0.05) is 11.6 Å². The molecule has 0 radical (unpaired) electrons. The Bertz CT molecular complexity index is 1430. The average molecular weight is 480 g/mol. The topological polar surface area (TPSA) is 108 Å². The molecule has 0 unspecified atom stereocenters. The van der Waals surface area contributed by atoms with E-state index in [1.165, 1.54) is 18.9 Å². The van der Waals surface area contributed by atoms with Gasteiger partial charge in [0.1, 0.15) is 16.4 Å². The molecule has 0 saturated carbocycles. The summed E-state index contributed by atoms with van der Waals surface area (Å²) in [6, 6.07) is 16.4. The van der Waals surface area contributed by atoms with Crippen LogP contribution in [-0.4, -0.2) is 42.6 Å². The van der Waals surface area contributed by atoms with E-state index in [9.17, 15) is 8.42 Å². The van der Waals surface area contributed by atoms with Gasteiger partial charge in [0.2, 0.25) is 0 Å². The van der Waals surface area contributed by atoms with Crippen molar-refractivity contribution in [2.45, 2.75) is 25.7 Å². The fourth-order valence-electron chi connectivity index (χ4n) is 3.65. The number of methoxy groups -OCH3 is 2. The van der Waals surface area contributed by atoms with Crippen LogP contribution in [-0.2, 0) is 10.0 Å². The van der Waals surface area contributed by atoms with E-state index < -0.39 is 10.0 Å². The lowest BCUT2D eigenvalue weighted by Crippen LogP contribution is -2.15. The molecule has 9 nitrogen and oxygen atoms in total. The van der Waals surface area contributed by atoms with Gasteiger partial charge in [-0.25, -0.2) is 13.1 Å². The Morgan fingerprint density at radius 3 is 2.24 bits per heavy atom. The molecule has 0 aliphatic carbocycles.